The van der Waals surface area contributed by atoms with Gasteiger partial charge in [0.15, 0.2) is 5.82 Å². The molecular weight excluding hydrogens is 544 g/mol. The molecule has 0 fully saturated rings. The van der Waals surface area contributed by atoms with Gasteiger partial charge in [-0.1, -0.05) is 147 Å². The van der Waals surface area contributed by atoms with Gasteiger partial charge < -0.3 is 0 Å². The standard InChI is InChI=1S/C43H32N2/c1-43(2)38-22-10-9-21-36(38)37-24-23-34(27-39(37)43)32-18-11-17-31(25-32)33-19-12-20-35(26-33)41-28-40(29-13-5-3-6-14-29)44-42(45-41)30-15-7-4-8-16-30/h3-28H,1-2H3. The number of benzene rings is 6. The van der Waals surface area contributed by atoms with Crippen LogP contribution in [0.1, 0.15) is 25.0 Å². The summed E-state index contributed by atoms with van der Waals surface area (Å²) in [5, 5.41) is 0. The molecule has 0 N–H and O–H groups in total. The van der Waals surface area contributed by atoms with Crippen molar-refractivity contribution in [1.29, 1.82) is 0 Å². The minimum Gasteiger partial charge on any atom is -0.228 e. The van der Waals surface area contributed by atoms with Crippen LogP contribution in [0.4, 0.5) is 0 Å². The smallest absolute Gasteiger partial charge is 0.160 e. The zero-order chi connectivity index (χ0) is 30.4. The van der Waals surface area contributed by atoms with E-state index in [4.69, 9.17) is 9.97 Å². The van der Waals surface area contributed by atoms with Gasteiger partial charge in [0.2, 0.25) is 0 Å². The Hall–Kier alpha value is -5.60. The Labute approximate surface area is 264 Å². The zero-order valence-corrected chi connectivity index (χ0v) is 25.4. The average molecular weight is 577 g/mol. The van der Waals surface area contributed by atoms with E-state index in [1.54, 1.807) is 0 Å². The maximum Gasteiger partial charge on any atom is 0.160 e. The predicted octanol–water partition coefficient (Wildman–Crippen LogP) is 11.1. The molecule has 0 spiro atoms. The van der Waals surface area contributed by atoms with Crippen molar-refractivity contribution in [2.45, 2.75) is 19.3 Å². The lowest BCUT2D eigenvalue weighted by atomic mass is 9.81. The third-order valence-corrected chi connectivity index (χ3v) is 9.10. The Balaban J connectivity index is 1.18. The Bertz CT molecular complexity index is 2120. The van der Waals surface area contributed by atoms with E-state index in [0.717, 1.165) is 39.5 Å². The van der Waals surface area contributed by atoms with E-state index in [1.165, 1.54) is 38.9 Å². The quantitative estimate of drug-likeness (QED) is 0.204. The van der Waals surface area contributed by atoms with Crippen LogP contribution >= 0.6 is 0 Å². The molecule has 0 unspecified atom stereocenters. The van der Waals surface area contributed by atoms with Crippen molar-refractivity contribution < 1.29 is 0 Å². The number of rotatable bonds is 5. The zero-order valence-electron chi connectivity index (χ0n) is 25.4. The molecule has 0 saturated heterocycles. The molecule has 1 aliphatic rings. The minimum absolute atomic E-state index is 0.0252. The highest BCUT2D eigenvalue weighted by Gasteiger charge is 2.35. The number of aromatic nitrogens is 2. The van der Waals surface area contributed by atoms with E-state index < -0.39 is 0 Å². The minimum atomic E-state index is -0.0252. The Morgan fingerprint density at radius 3 is 1.53 bits per heavy atom. The fraction of sp³-hybridized carbons (Fsp3) is 0.0698. The summed E-state index contributed by atoms with van der Waals surface area (Å²) in [5.74, 6) is 0.723. The molecule has 0 atom stereocenters. The molecule has 1 heterocycles. The molecule has 214 valence electrons. The molecule has 2 nitrogen and oxygen atoms in total. The van der Waals surface area contributed by atoms with Crippen LogP contribution in [0, 0.1) is 0 Å². The van der Waals surface area contributed by atoms with E-state index in [-0.39, 0.29) is 5.41 Å². The highest BCUT2D eigenvalue weighted by molar-refractivity contribution is 5.84. The van der Waals surface area contributed by atoms with Crippen LogP contribution in [-0.4, -0.2) is 9.97 Å². The molecule has 7 aromatic rings. The van der Waals surface area contributed by atoms with Crippen LogP contribution in [-0.2, 0) is 5.41 Å². The largest absolute Gasteiger partial charge is 0.228 e. The van der Waals surface area contributed by atoms with Gasteiger partial charge in [0.25, 0.3) is 0 Å². The molecule has 1 aliphatic carbocycles. The van der Waals surface area contributed by atoms with E-state index >= 15 is 0 Å². The average Bonchev–Trinajstić information content (AvgIpc) is 3.34. The lowest BCUT2D eigenvalue weighted by Crippen LogP contribution is -2.14. The van der Waals surface area contributed by atoms with Crippen molar-refractivity contribution >= 4 is 0 Å². The molecule has 0 amide bonds. The van der Waals surface area contributed by atoms with E-state index in [1.807, 2.05) is 36.4 Å². The number of hydrogen-bond donors (Lipinski definition) is 0. The summed E-state index contributed by atoms with van der Waals surface area (Å²) >= 11 is 0. The maximum atomic E-state index is 5.05. The fourth-order valence-electron chi connectivity index (χ4n) is 6.69. The van der Waals surface area contributed by atoms with Crippen molar-refractivity contribution in [3.63, 3.8) is 0 Å². The topological polar surface area (TPSA) is 25.8 Å². The van der Waals surface area contributed by atoms with Crippen LogP contribution < -0.4 is 0 Å². The van der Waals surface area contributed by atoms with Gasteiger partial charge in [-0.15, -0.1) is 0 Å². The van der Waals surface area contributed by atoms with Crippen LogP contribution in [0.15, 0.2) is 158 Å². The van der Waals surface area contributed by atoms with Gasteiger partial charge in [0.1, 0.15) is 0 Å². The molecule has 1 aromatic heterocycles. The monoisotopic (exact) mass is 576 g/mol. The highest BCUT2D eigenvalue weighted by atomic mass is 14.9. The summed E-state index contributed by atoms with van der Waals surface area (Å²) in [4.78, 5) is 10.0. The second-order valence-corrected chi connectivity index (χ2v) is 12.3. The lowest BCUT2D eigenvalue weighted by Gasteiger charge is -2.22. The molecule has 6 aromatic carbocycles. The maximum absolute atomic E-state index is 5.05. The fourth-order valence-corrected chi connectivity index (χ4v) is 6.69. The molecule has 0 radical (unpaired) electrons. The molecule has 2 heteroatoms. The van der Waals surface area contributed by atoms with Gasteiger partial charge in [-0.2, -0.15) is 0 Å². The molecule has 8 rings (SSSR count). The molecule has 0 saturated carbocycles. The highest BCUT2D eigenvalue weighted by Crippen LogP contribution is 2.49. The van der Waals surface area contributed by atoms with Gasteiger partial charge in [-0.05, 0) is 68.8 Å². The van der Waals surface area contributed by atoms with Crippen molar-refractivity contribution in [1.82, 2.24) is 9.97 Å². The normalized spacial score (nSPS) is 12.8. The number of hydrogen-bond acceptors (Lipinski definition) is 2. The Kier molecular flexibility index (Phi) is 6.50. The van der Waals surface area contributed by atoms with Crippen LogP contribution in [0.2, 0.25) is 0 Å². The first-order valence-electron chi connectivity index (χ1n) is 15.5. The van der Waals surface area contributed by atoms with E-state index in [0.29, 0.717) is 0 Å². The SMILES string of the molecule is CC1(C)c2ccccc2-c2ccc(-c3cccc(-c4cccc(-c5cc(-c6ccccc6)nc(-c6ccccc6)n5)c4)c3)cc21. The van der Waals surface area contributed by atoms with Crippen LogP contribution in [0.25, 0.3) is 67.3 Å². The molecule has 0 bridgehead atoms. The van der Waals surface area contributed by atoms with Gasteiger partial charge in [-0.25, -0.2) is 9.97 Å². The number of nitrogens with zero attached hydrogens (tertiary/aromatic N) is 2. The van der Waals surface area contributed by atoms with E-state index in [9.17, 15) is 0 Å². The molecular formula is C43H32N2. The first kappa shape index (κ1) is 27.0. The second kappa shape index (κ2) is 10.8. The summed E-state index contributed by atoms with van der Waals surface area (Å²) in [6, 6.07) is 56.0. The lowest BCUT2D eigenvalue weighted by molar-refractivity contribution is 0.660. The van der Waals surface area contributed by atoms with Gasteiger partial charge in [0, 0.05) is 22.1 Å². The summed E-state index contributed by atoms with van der Waals surface area (Å²) < 4.78 is 0. The van der Waals surface area contributed by atoms with Gasteiger partial charge in [0.05, 0.1) is 11.4 Å². The van der Waals surface area contributed by atoms with Crippen molar-refractivity contribution in [3.8, 4) is 67.3 Å². The van der Waals surface area contributed by atoms with Crippen molar-refractivity contribution in [2.24, 2.45) is 0 Å². The van der Waals surface area contributed by atoms with Gasteiger partial charge >= 0.3 is 0 Å². The Morgan fingerprint density at radius 1 is 0.356 bits per heavy atom. The second-order valence-electron chi connectivity index (χ2n) is 12.3. The molecule has 0 aliphatic heterocycles. The van der Waals surface area contributed by atoms with Crippen molar-refractivity contribution in [3.05, 3.63) is 169 Å². The first-order chi connectivity index (χ1) is 22.0. The third-order valence-electron chi connectivity index (χ3n) is 9.10. The number of fused-ring (bicyclic) bond motifs is 3. The summed E-state index contributed by atoms with van der Waals surface area (Å²) in [6.45, 7) is 4.67. The summed E-state index contributed by atoms with van der Waals surface area (Å²) in [7, 11) is 0. The third kappa shape index (κ3) is 4.85. The van der Waals surface area contributed by atoms with Crippen LogP contribution in [0.3, 0.4) is 0 Å². The van der Waals surface area contributed by atoms with Crippen molar-refractivity contribution in [2.75, 3.05) is 0 Å². The first-order valence-corrected chi connectivity index (χ1v) is 15.5. The summed E-state index contributed by atoms with van der Waals surface area (Å²) in [6.07, 6.45) is 0. The van der Waals surface area contributed by atoms with Gasteiger partial charge in [-0.3, -0.25) is 0 Å². The van der Waals surface area contributed by atoms with Crippen LogP contribution in [0.5, 0.6) is 0 Å². The predicted molar refractivity (Wildman–Crippen MR) is 187 cm³/mol. The van der Waals surface area contributed by atoms with E-state index in [2.05, 4.69) is 135 Å². The molecule has 45 heavy (non-hydrogen) atoms. The Morgan fingerprint density at radius 2 is 0.844 bits per heavy atom. The summed E-state index contributed by atoms with van der Waals surface area (Å²) in [5.41, 5.74) is 15.2.